The van der Waals surface area contributed by atoms with E-state index in [-0.39, 0.29) is 17.3 Å². The Kier molecular flexibility index (Phi) is 6.86. The number of hydrogen-bond donors (Lipinski definition) is 2. The van der Waals surface area contributed by atoms with Crippen LogP contribution in [0.25, 0.3) is 17.1 Å². The van der Waals surface area contributed by atoms with Gasteiger partial charge in [-0.1, -0.05) is 59.3 Å². The van der Waals surface area contributed by atoms with Crippen LogP contribution in [0.3, 0.4) is 0 Å². The normalized spacial score (nSPS) is 11.1. The zero-order chi connectivity index (χ0) is 25.6. The number of halogens is 1. The molecule has 5 rings (SSSR count). The topological polar surface area (TPSA) is 146 Å². The number of rotatable bonds is 8. The van der Waals surface area contributed by atoms with Crippen molar-refractivity contribution < 1.29 is 14.2 Å². The molecule has 5 aromatic rings. The molecule has 0 fully saturated rings. The first-order chi connectivity index (χ1) is 18.1. The lowest BCUT2D eigenvalue weighted by atomic mass is 10.1. The molecule has 0 saturated carbocycles. The van der Waals surface area contributed by atoms with Crippen LogP contribution in [0, 0.1) is 0 Å². The first-order valence-corrected chi connectivity index (χ1v) is 11.4. The fraction of sp³-hybridized carbons (Fsp3) is 0.0400. The summed E-state index contributed by atoms with van der Waals surface area (Å²) in [6.45, 7) is 0.414. The number of carbonyl (C=O) groups excluding carboxylic acids is 1. The Hall–Kier alpha value is -5.03. The highest BCUT2D eigenvalue weighted by Crippen LogP contribution is 2.24. The Morgan fingerprint density at radius 3 is 2.51 bits per heavy atom. The van der Waals surface area contributed by atoms with Crippen molar-refractivity contribution in [1.82, 2.24) is 30.7 Å². The molecule has 0 bridgehead atoms. The van der Waals surface area contributed by atoms with E-state index < -0.39 is 5.91 Å². The maximum absolute atomic E-state index is 13.1. The van der Waals surface area contributed by atoms with Gasteiger partial charge in [-0.05, 0) is 57.8 Å². The number of nitrogens with zero attached hydrogens (tertiary/aromatic N) is 6. The fourth-order valence-corrected chi connectivity index (χ4v) is 3.50. The first-order valence-electron chi connectivity index (χ1n) is 11.0. The number of nitrogen functional groups attached to an aromatic ring is 1. The molecule has 1 amide bonds. The molecule has 3 aromatic carbocycles. The second-order valence-electron chi connectivity index (χ2n) is 7.72. The first kappa shape index (κ1) is 23.7. The van der Waals surface area contributed by atoms with Crippen LogP contribution in [0.15, 0.2) is 88.6 Å². The number of amides is 1. The van der Waals surface area contributed by atoms with Gasteiger partial charge in [-0.15, -0.1) is 5.10 Å². The van der Waals surface area contributed by atoms with Crippen LogP contribution in [0.5, 0.6) is 5.75 Å². The predicted octanol–water partition coefficient (Wildman–Crippen LogP) is 3.90. The van der Waals surface area contributed by atoms with E-state index in [2.05, 4.69) is 35.8 Å². The van der Waals surface area contributed by atoms with Crippen molar-refractivity contribution in [1.29, 1.82) is 0 Å². The third-order valence-corrected chi connectivity index (χ3v) is 5.46. The van der Waals surface area contributed by atoms with Crippen LogP contribution in [-0.4, -0.2) is 37.4 Å². The van der Waals surface area contributed by atoms with Gasteiger partial charge in [0.25, 0.3) is 5.91 Å². The van der Waals surface area contributed by atoms with E-state index >= 15 is 0 Å². The molecule has 2 heterocycles. The number of benzene rings is 3. The van der Waals surface area contributed by atoms with Crippen molar-refractivity contribution in [3.05, 3.63) is 101 Å². The van der Waals surface area contributed by atoms with Gasteiger partial charge in [0.1, 0.15) is 18.1 Å². The average Bonchev–Trinajstić information content (AvgIpc) is 3.55. The van der Waals surface area contributed by atoms with Gasteiger partial charge in [0.05, 0.1) is 6.21 Å². The lowest BCUT2D eigenvalue weighted by Crippen LogP contribution is -2.22. The average molecular weight is 515 g/mol. The van der Waals surface area contributed by atoms with Crippen molar-refractivity contribution in [3.63, 3.8) is 0 Å². The minimum absolute atomic E-state index is 0.0398. The third-order valence-electron chi connectivity index (χ3n) is 5.21. The Morgan fingerprint density at radius 2 is 1.81 bits per heavy atom. The number of nitrogens with one attached hydrogen (secondary N) is 1. The smallest absolute Gasteiger partial charge is 0.292 e. The second-order valence-corrected chi connectivity index (χ2v) is 8.16. The van der Waals surface area contributed by atoms with Gasteiger partial charge in [0, 0.05) is 10.6 Å². The van der Waals surface area contributed by atoms with Gasteiger partial charge in [0.15, 0.2) is 5.69 Å². The van der Waals surface area contributed by atoms with Crippen LogP contribution in [-0.2, 0) is 6.61 Å². The Morgan fingerprint density at radius 1 is 1.05 bits per heavy atom. The van der Waals surface area contributed by atoms with Crippen molar-refractivity contribution in [2.75, 3.05) is 5.73 Å². The van der Waals surface area contributed by atoms with Crippen molar-refractivity contribution in [2.45, 2.75) is 6.61 Å². The number of hydrazone groups is 1. The minimum atomic E-state index is -0.578. The van der Waals surface area contributed by atoms with Crippen molar-refractivity contribution >= 4 is 29.5 Å². The summed E-state index contributed by atoms with van der Waals surface area (Å²) in [5, 5.41) is 20.2. The summed E-state index contributed by atoms with van der Waals surface area (Å²) in [5.41, 5.74) is 11.1. The lowest BCUT2D eigenvalue weighted by Gasteiger charge is -2.07. The van der Waals surface area contributed by atoms with Gasteiger partial charge in [-0.25, -0.2) is 10.1 Å². The Bertz CT molecular complexity index is 1530. The zero-order valence-corrected chi connectivity index (χ0v) is 19.9. The largest absolute Gasteiger partial charge is 0.489 e. The summed E-state index contributed by atoms with van der Waals surface area (Å²) in [6.07, 6.45) is 1.50. The summed E-state index contributed by atoms with van der Waals surface area (Å²) in [6, 6.07) is 23.8. The van der Waals surface area contributed by atoms with E-state index in [1.165, 1.54) is 6.21 Å². The molecule has 0 spiro atoms. The Balaban J connectivity index is 1.29. The number of nitrogens with two attached hydrogens (primary N) is 1. The van der Waals surface area contributed by atoms with Gasteiger partial charge < -0.3 is 10.5 Å². The van der Waals surface area contributed by atoms with Crippen LogP contribution in [0.2, 0.25) is 5.02 Å². The molecular formula is C25H19ClN8O3. The number of aromatic nitrogens is 5. The molecule has 0 saturated heterocycles. The summed E-state index contributed by atoms with van der Waals surface area (Å²) < 4.78 is 11.6. The van der Waals surface area contributed by atoms with E-state index in [0.29, 0.717) is 28.6 Å². The second kappa shape index (κ2) is 10.7. The molecule has 2 aromatic heterocycles. The molecule has 0 atom stereocenters. The summed E-state index contributed by atoms with van der Waals surface area (Å²) in [7, 11) is 0. The SMILES string of the molecule is Nc1nonc1-n1nnc(-c2ccccc2)c1C(=O)N/N=C\c1ccc(OCc2ccc(Cl)cc2)cc1. The highest BCUT2D eigenvalue weighted by Gasteiger charge is 2.25. The highest BCUT2D eigenvalue weighted by molar-refractivity contribution is 6.30. The highest BCUT2D eigenvalue weighted by atomic mass is 35.5. The van der Waals surface area contributed by atoms with Crippen molar-refractivity contribution in [3.8, 4) is 22.8 Å². The molecule has 0 radical (unpaired) electrons. The maximum Gasteiger partial charge on any atom is 0.292 e. The molecule has 11 nitrogen and oxygen atoms in total. The van der Waals surface area contributed by atoms with Gasteiger partial charge in [0.2, 0.25) is 11.6 Å². The van der Waals surface area contributed by atoms with Gasteiger partial charge in [-0.2, -0.15) is 9.78 Å². The molecule has 3 N–H and O–H groups in total. The van der Waals surface area contributed by atoms with Crippen LogP contribution < -0.4 is 15.9 Å². The summed E-state index contributed by atoms with van der Waals surface area (Å²) in [5.74, 6) is 0.112. The molecule has 0 aliphatic carbocycles. The fourth-order valence-electron chi connectivity index (χ4n) is 3.38. The van der Waals surface area contributed by atoms with E-state index in [1.807, 2.05) is 66.7 Å². The molecule has 0 aliphatic heterocycles. The van der Waals surface area contributed by atoms with E-state index in [9.17, 15) is 4.79 Å². The molecular weight excluding hydrogens is 496 g/mol. The zero-order valence-electron chi connectivity index (χ0n) is 19.2. The minimum Gasteiger partial charge on any atom is -0.489 e. The van der Waals surface area contributed by atoms with Crippen LogP contribution in [0.4, 0.5) is 5.82 Å². The monoisotopic (exact) mass is 514 g/mol. The number of anilines is 1. The van der Waals surface area contributed by atoms with E-state index in [4.69, 9.17) is 22.1 Å². The third kappa shape index (κ3) is 5.46. The summed E-state index contributed by atoms with van der Waals surface area (Å²) >= 11 is 5.91. The van der Waals surface area contributed by atoms with E-state index in [1.54, 1.807) is 12.1 Å². The van der Waals surface area contributed by atoms with Crippen LogP contribution >= 0.6 is 11.6 Å². The number of ether oxygens (including phenoxy) is 1. The molecule has 37 heavy (non-hydrogen) atoms. The van der Waals surface area contributed by atoms with E-state index in [0.717, 1.165) is 15.8 Å². The predicted molar refractivity (Wildman–Crippen MR) is 136 cm³/mol. The standard InChI is InChI=1S/C25H19ClN8O3/c26-19-10-6-17(7-11-19)15-36-20-12-8-16(9-13-20)14-28-30-25(35)22-21(18-4-2-1-3-5-18)29-33-34(22)24-23(27)31-37-32-24/h1-14H,15H2,(H2,27,31)(H,30,35)/b28-14-. The number of carbonyl (C=O) groups is 1. The maximum atomic E-state index is 13.1. The molecule has 184 valence electrons. The van der Waals surface area contributed by atoms with Crippen molar-refractivity contribution in [2.24, 2.45) is 5.10 Å². The van der Waals surface area contributed by atoms with Gasteiger partial charge >= 0.3 is 0 Å². The Labute approximate surface area is 215 Å². The van der Waals surface area contributed by atoms with Crippen LogP contribution in [0.1, 0.15) is 21.6 Å². The quantitative estimate of drug-likeness (QED) is 0.234. The molecule has 12 heteroatoms. The van der Waals surface area contributed by atoms with Gasteiger partial charge in [-0.3, -0.25) is 4.79 Å². The summed E-state index contributed by atoms with van der Waals surface area (Å²) in [4.78, 5) is 13.1. The molecule has 0 unspecified atom stereocenters. The lowest BCUT2D eigenvalue weighted by molar-refractivity contribution is 0.0948. The molecule has 0 aliphatic rings. The number of hydrogen-bond acceptors (Lipinski definition) is 9.